The molecule has 1 amide bonds. The number of amides is 1. The van der Waals surface area contributed by atoms with E-state index in [-0.39, 0.29) is 25.2 Å². The van der Waals surface area contributed by atoms with Crippen molar-refractivity contribution in [3.8, 4) is 5.75 Å². The zero-order chi connectivity index (χ0) is 16.8. The maximum atomic E-state index is 12.3. The van der Waals surface area contributed by atoms with Gasteiger partial charge in [0, 0.05) is 13.1 Å². The van der Waals surface area contributed by atoms with Crippen molar-refractivity contribution in [2.24, 2.45) is 0 Å². The van der Waals surface area contributed by atoms with Crippen LogP contribution in [0.15, 0.2) is 34.9 Å². The molecule has 0 spiro atoms. The number of carbonyl (C=O) groups excluding carboxylic acids is 1. The monoisotopic (exact) mass is 331 g/mol. The van der Waals surface area contributed by atoms with Crippen LogP contribution in [0.1, 0.15) is 24.6 Å². The second-order valence-corrected chi connectivity index (χ2v) is 5.75. The Labute approximate surface area is 140 Å². The van der Waals surface area contributed by atoms with Crippen LogP contribution in [0.2, 0.25) is 0 Å². The first-order valence-corrected chi connectivity index (χ1v) is 8.07. The van der Waals surface area contributed by atoms with Crippen LogP contribution in [0.5, 0.6) is 5.75 Å². The molecule has 1 fully saturated rings. The number of benzene rings is 1. The lowest BCUT2D eigenvalue weighted by molar-refractivity contribution is -0.138. The summed E-state index contributed by atoms with van der Waals surface area (Å²) < 4.78 is 16.3. The minimum absolute atomic E-state index is 0.0216. The Morgan fingerprint density at radius 3 is 2.96 bits per heavy atom. The van der Waals surface area contributed by atoms with E-state index in [1.54, 1.807) is 11.8 Å². The molecule has 3 rings (SSSR count). The van der Waals surface area contributed by atoms with Crippen molar-refractivity contribution >= 4 is 5.91 Å². The van der Waals surface area contributed by atoms with Crippen LogP contribution in [-0.2, 0) is 16.1 Å². The highest BCUT2D eigenvalue weighted by Gasteiger charge is 2.25. The molecule has 1 atom stereocenters. The van der Waals surface area contributed by atoms with Gasteiger partial charge in [0.05, 0.1) is 6.10 Å². The van der Waals surface area contributed by atoms with Gasteiger partial charge in [-0.25, -0.2) is 0 Å². The third-order valence-corrected chi connectivity index (χ3v) is 3.85. The first-order chi connectivity index (χ1) is 11.7. The van der Waals surface area contributed by atoms with Gasteiger partial charge in [0.2, 0.25) is 0 Å². The maximum Gasteiger partial charge on any atom is 0.260 e. The molecule has 0 aliphatic carbocycles. The molecule has 0 N–H and O–H groups in total. The van der Waals surface area contributed by atoms with Gasteiger partial charge in [-0.3, -0.25) is 4.79 Å². The molecule has 2 heterocycles. The van der Waals surface area contributed by atoms with Gasteiger partial charge in [0.1, 0.15) is 12.4 Å². The summed E-state index contributed by atoms with van der Waals surface area (Å²) in [6.45, 7) is 3.37. The van der Waals surface area contributed by atoms with Crippen molar-refractivity contribution in [2.45, 2.75) is 32.5 Å². The zero-order valence-corrected chi connectivity index (χ0v) is 13.7. The number of para-hydroxylation sites is 1. The fraction of sp³-hybridized carbons (Fsp3) is 0.471. The van der Waals surface area contributed by atoms with Crippen LogP contribution in [-0.4, -0.2) is 46.7 Å². The second-order valence-electron chi connectivity index (χ2n) is 5.75. The molecule has 1 aromatic heterocycles. The Balaban J connectivity index is 1.45. The third kappa shape index (κ3) is 4.55. The minimum atomic E-state index is -0.0270. The summed E-state index contributed by atoms with van der Waals surface area (Å²) in [5, 5.41) is 3.73. The molecule has 128 valence electrons. The van der Waals surface area contributed by atoms with Crippen LogP contribution in [0.3, 0.4) is 0 Å². The van der Waals surface area contributed by atoms with Crippen LogP contribution < -0.4 is 4.74 Å². The topological polar surface area (TPSA) is 77.7 Å². The highest BCUT2D eigenvalue weighted by atomic mass is 16.5. The number of aryl methyl sites for hydroxylation is 1. The molecule has 0 radical (unpaired) electrons. The van der Waals surface area contributed by atoms with E-state index in [1.165, 1.54) is 0 Å². The molecule has 24 heavy (non-hydrogen) atoms. The number of hydrogen-bond donors (Lipinski definition) is 0. The molecule has 1 aliphatic rings. The van der Waals surface area contributed by atoms with Gasteiger partial charge in [0.25, 0.3) is 11.8 Å². The van der Waals surface area contributed by atoms with Gasteiger partial charge in [-0.2, -0.15) is 4.98 Å². The van der Waals surface area contributed by atoms with Gasteiger partial charge < -0.3 is 18.9 Å². The minimum Gasteiger partial charge on any atom is -0.484 e. The van der Waals surface area contributed by atoms with Gasteiger partial charge in [-0.15, -0.1) is 0 Å². The average Bonchev–Trinajstić information content (AvgIpc) is 3.04. The van der Waals surface area contributed by atoms with Gasteiger partial charge in [-0.05, 0) is 31.9 Å². The van der Waals surface area contributed by atoms with E-state index in [4.69, 9.17) is 14.0 Å². The SMILES string of the molecule is Cc1noc(CO[C@H]2CCCN(C(=O)COc3ccccc3)C2)n1. The largest absolute Gasteiger partial charge is 0.484 e. The Bertz CT molecular complexity index is 659. The summed E-state index contributed by atoms with van der Waals surface area (Å²) >= 11 is 0. The number of rotatable bonds is 6. The molecule has 0 unspecified atom stereocenters. The van der Waals surface area contributed by atoms with Crippen LogP contribution in [0.4, 0.5) is 0 Å². The summed E-state index contributed by atoms with van der Waals surface area (Å²) in [4.78, 5) is 18.2. The van der Waals surface area contributed by atoms with E-state index < -0.39 is 0 Å². The van der Waals surface area contributed by atoms with Crippen LogP contribution in [0.25, 0.3) is 0 Å². The smallest absolute Gasteiger partial charge is 0.260 e. The van der Waals surface area contributed by atoms with Gasteiger partial charge in [0.15, 0.2) is 12.4 Å². The predicted molar refractivity (Wildman–Crippen MR) is 85.4 cm³/mol. The average molecular weight is 331 g/mol. The van der Waals surface area contributed by atoms with Crippen molar-refractivity contribution in [3.05, 3.63) is 42.0 Å². The van der Waals surface area contributed by atoms with Gasteiger partial charge in [-0.1, -0.05) is 23.4 Å². The number of piperidine rings is 1. The number of aromatic nitrogens is 2. The summed E-state index contributed by atoms with van der Waals surface area (Å²) in [7, 11) is 0. The van der Waals surface area contributed by atoms with E-state index in [9.17, 15) is 4.79 Å². The third-order valence-electron chi connectivity index (χ3n) is 3.85. The summed E-state index contributed by atoms with van der Waals surface area (Å²) in [6.07, 6.45) is 1.80. The molecule has 0 saturated carbocycles. The van der Waals surface area contributed by atoms with Crippen molar-refractivity contribution in [1.82, 2.24) is 15.0 Å². The van der Waals surface area contributed by atoms with Crippen LogP contribution >= 0.6 is 0 Å². The summed E-state index contributed by atoms with van der Waals surface area (Å²) in [6, 6.07) is 9.34. The van der Waals surface area contributed by atoms with Crippen molar-refractivity contribution in [1.29, 1.82) is 0 Å². The Morgan fingerprint density at radius 2 is 2.21 bits per heavy atom. The lowest BCUT2D eigenvalue weighted by Gasteiger charge is -2.32. The Kier molecular flexibility index (Phi) is 5.43. The number of hydrogen-bond acceptors (Lipinski definition) is 6. The Hall–Kier alpha value is -2.41. The molecular formula is C17H21N3O4. The lowest BCUT2D eigenvalue weighted by atomic mass is 10.1. The Morgan fingerprint density at radius 1 is 1.38 bits per heavy atom. The molecule has 1 aromatic carbocycles. The second kappa shape index (κ2) is 7.92. The molecular weight excluding hydrogens is 310 g/mol. The molecule has 1 saturated heterocycles. The number of nitrogens with zero attached hydrogens (tertiary/aromatic N) is 3. The van der Waals surface area contributed by atoms with Gasteiger partial charge >= 0.3 is 0 Å². The standard InChI is InChI=1S/C17H21N3O4/c1-13-18-16(24-19-13)11-22-15-8-5-9-20(10-15)17(21)12-23-14-6-3-2-4-7-14/h2-4,6-7,15H,5,8-12H2,1H3/t15-/m0/s1. The van der Waals surface area contributed by atoms with Crippen molar-refractivity contribution in [2.75, 3.05) is 19.7 Å². The van der Waals surface area contributed by atoms with E-state index >= 15 is 0 Å². The highest BCUT2D eigenvalue weighted by Crippen LogP contribution is 2.16. The van der Waals surface area contributed by atoms with Crippen molar-refractivity contribution < 1.29 is 18.8 Å². The van der Waals surface area contributed by atoms with E-state index in [2.05, 4.69) is 10.1 Å². The quantitative estimate of drug-likeness (QED) is 0.805. The first kappa shape index (κ1) is 16.4. The van der Waals surface area contributed by atoms with E-state index in [0.29, 0.717) is 24.0 Å². The fourth-order valence-electron chi connectivity index (χ4n) is 2.64. The van der Waals surface area contributed by atoms with E-state index in [1.807, 2.05) is 30.3 Å². The zero-order valence-electron chi connectivity index (χ0n) is 13.7. The number of carbonyl (C=O) groups is 1. The fourth-order valence-corrected chi connectivity index (χ4v) is 2.64. The lowest BCUT2D eigenvalue weighted by Crippen LogP contribution is -2.45. The molecule has 1 aliphatic heterocycles. The maximum absolute atomic E-state index is 12.3. The number of ether oxygens (including phenoxy) is 2. The van der Waals surface area contributed by atoms with Crippen molar-refractivity contribution in [3.63, 3.8) is 0 Å². The summed E-state index contributed by atoms with van der Waals surface area (Å²) in [5.41, 5.74) is 0. The normalized spacial score (nSPS) is 17.7. The molecule has 2 aromatic rings. The highest BCUT2D eigenvalue weighted by molar-refractivity contribution is 5.77. The molecule has 7 nitrogen and oxygen atoms in total. The summed E-state index contributed by atoms with van der Waals surface area (Å²) in [5.74, 6) is 1.72. The first-order valence-electron chi connectivity index (χ1n) is 8.07. The van der Waals surface area contributed by atoms with E-state index in [0.717, 1.165) is 19.4 Å². The molecule has 0 bridgehead atoms. The van der Waals surface area contributed by atoms with Crippen LogP contribution in [0, 0.1) is 6.92 Å². The number of likely N-dealkylation sites (tertiary alicyclic amines) is 1. The molecule has 7 heteroatoms. The predicted octanol–water partition coefficient (Wildman–Crippen LogP) is 1.96.